The molecule has 3 atom stereocenters. The van der Waals surface area contributed by atoms with Gasteiger partial charge >= 0.3 is 7.82 Å². The van der Waals surface area contributed by atoms with Gasteiger partial charge in [0.15, 0.2) is 0 Å². The number of phosphoric ester groups is 1. The Hall–Kier alpha value is -1.84. The van der Waals surface area contributed by atoms with Crippen molar-refractivity contribution in [3.63, 3.8) is 0 Å². The van der Waals surface area contributed by atoms with Crippen molar-refractivity contribution < 1.29 is 18.1 Å². The summed E-state index contributed by atoms with van der Waals surface area (Å²) in [5.41, 5.74) is 1.96. The Balaban J connectivity index is 2.07. The van der Waals surface area contributed by atoms with Gasteiger partial charge in [0.25, 0.3) is 0 Å². The molecule has 3 unspecified atom stereocenters. The van der Waals surface area contributed by atoms with Gasteiger partial charge in [-0.15, -0.1) is 34.8 Å². The lowest BCUT2D eigenvalue weighted by Gasteiger charge is -2.24. The fourth-order valence-corrected chi connectivity index (χ4v) is 4.97. The predicted molar refractivity (Wildman–Crippen MR) is 132 cm³/mol. The maximum absolute atomic E-state index is 14.0. The highest BCUT2D eigenvalue weighted by Crippen LogP contribution is 2.53. The SMILES string of the molecule is CC(Cl)c1ccccc1OP(=O)(Oc1ccccc1C(C)Cl)Oc1ccccc1C(C)Cl. The lowest BCUT2D eigenvalue weighted by atomic mass is 10.1. The Morgan fingerprint density at radius 3 is 1.06 bits per heavy atom. The lowest BCUT2D eigenvalue weighted by molar-refractivity contribution is 0.295. The van der Waals surface area contributed by atoms with Crippen molar-refractivity contribution in [2.24, 2.45) is 0 Å². The monoisotopic (exact) mass is 512 g/mol. The number of benzene rings is 3. The molecule has 4 nitrogen and oxygen atoms in total. The molecule has 3 aromatic carbocycles. The molecule has 0 amide bonds. The molecule has 0 aliphatic heterocycles. The molecule has 0 N–H and O–H groups in total. The number of phosphoric acid groups is 1. The van der Waals surface area contributed by atoms with Gasteiger partial charge in [0.1, 0.15) is 17.2 Å². The standard InChI is InChI=1S/C24H24Cl3O4P/c1-16(25)19-10-4-7-13-22(19)29-32(28,30-23-14-8-5-11-20(23)17(2)26)31-24-15-9-6-12-21(24)18(3)27/h4-18H,1-3H3. The number of halogens is 3. The molecule has 32 heavy (non-hydrogen) atoms. The first-order valence-corrected chi connectivity index (χ1v) is 12.8. The summed E-state index contributed by atoms with van der Waals surface area (Å²) < 4.78 is 31.8. The van der Waals surface area contributed by atoms with Crippen LogP contribution < -0.4 is 13.6 Å². The van der Waals surface area contributed by atoms with E-state index >= 15 is 0 Å². The number of rotatable bonds is 9. The third-order valence-corrected chi connectivity index (χ3v) is 6.64. The van der Waals surface area contributed by atoms with Gasteiger partial charge in [-0.05, 0) is 39.0 Å². The van der Waals surface area contributed by atoms with Gasteiger partial charge in [-0.2, -0.15) is 4.57 Å². The minimum atomic E-state index is -4.26. The molecule has 0 spiro atoms. The summed E-state index contributed by atoms with van der Waals surface area (Å²) in [7, 11) is -4.26. The Morgan fingerprint density at radius 2 is 0.812 bits per heavy atom. The minimum Gasteiger partial charge on any atom is -0.386 e. The number of hydrogen-bond acceptors (Lipinski definition) is 4. The molecular formula is C24H24Cl3O4P. The number of hydrogen-bond donors (Lipinski definition) is 0. The van der Waals surface area contributed by atoms with E-state index in [4.69, 9.17) is 48.4 Å². The molecule has 0 bridgehead atoms. The van der Waals surface area contributed by atoms with Crippen molar-refractivity contribution in [2.45, 2.75) is 36.9 Å². The first-order valence-electron chi connectivity index (χ1n) is 10.1. The van der Waals surface area contributed by atoms with Crippen LogP contribution in [-0.4, -0.2) is 0 Å². The summed E-state index contributed by atoms with van der Waals surface area (Å²) in [4.78, 5) is 0. The predicted octanol–water partition coefficient (Wildman–Crippen LogP) is 9.23. The zero-order valence-corrected chi connectivity index (χ0v) is 21.0. The molecular weight excluding hydrogens is 490 g/mol. The van der Waals surface area contributed by atoms with Crippen LogP contribution in [0.15, 0.2) is 72.8 Å². The van der Waals surface area contributed by atoms with E-state index < -0.39 is 7.82 Å². The second-order valence-electron chi connectivity index (χ2n) is 7.18. The average Bonchev–Trinajstić information content (AvgIpc) is 2.74. The summed E-state index contributed by atoms with van der Waals surface area (Å²) in [6, 6.07) is 21.1. The molecule has 170 valence electrons. The quantitative estimate of drug-likeness (QED) is 0.211. The second-order valence-corrected chi connectivity index (χ2v) is 10.6. The fourth-order valence-electron chi connectivity index (χ4n) is 3.09. The highest BCUT2D eigenvalue weighted by molar-refractivity contribution is 7.49. The fraction of sp³-hybridized carbons (Fsp3) is 0.250. The molecule has 0 saturated carbocycles. The summed E-state index contributed by atoms with van der Waals surface area (Å²) in [5, 5.41) is -1.15. The molecule has 0 heterocycles. The van der Waals surface area contributed by atoms with E-state index in [0.29, 0.717) is 33.9 Å². The van der Waals surface area contributed by atoms with Crippen LogP contribution in [0.2, 0.25) is 0 Å². The smallest absolute Gasteiger partial charge is 0.386 e. The maximum atomic E-state index is 14.0. The molecule has 3 rings (SSSR count). The molecule has 0 aromatic heterocycles. The van der Waals surface area contributed by atoms with Crippen molar-refractivity contribution in [1.29, 1.82) is 0 Å². The molecule has 0 saturated heterocycles. The van der Waals surface area contributed by atoms with E-state index in [9.17, 15) is 4.57 Å². The summed E-state index contributed by atoms with van der Waals surface area (Å²) in [5.74, 6) is 0.892. The van der Waals surface area contributed by atoms with E-state index in [1.54, 1.807) is 75.4 Å². The van der Waals surface area contributed by atoms with Gasteiger partial charge in [-0.3, -0.25) is 0 Å². The van der Waals surface area contributed by atoms with Crippen molar-refractivity contribution in [3.05, 3.63) is 89.5 Å². The Kier molecular flexibility index (Phi) is 8.41. The van der Waals surface area contributed by atoms with Crippen LogP contribution in [0.25, 0.3) is 0 Å². The van der Waals surface area contributed by atoms with Gasteiger partial charge in [-0.1, -0.05) is 54.6 Å². The topological polar surface area (TPSA) is 44.8 Å². The minimum absolute atomic E-state index is 0.297. The number of alkyl halides is 3. The van der Waals surface area contributed by atoms with Crippen molar-refractivity contribution in [2.75, 3.05) is 0 Å². The second kappa shape index (κ2) is 10.9. The average molecular weight is 514 g/mol. The van der Waals surface area contributed by atoms with Gasteiger partial charge in [-0.25, -0.2) is 0 Å². The third kappa shape index (κ3) is 6.14. The highest BCUT2D eigenvalue weighted by atomic mass is 35.5. The Labute approximate surface area is 204 Å². The number of para-hydroxylation sites is 3. The zero-order chi connectivity index (χ0) is 23.3. The lowest BCUT2D eigenvalue weighted by Crippen LogP contribution is -2.11. The Morgan fingerprint density at radius 1 is 0.562 bits per heavy atom. The van der Waals surface area contributed by atoms with Crippen LogP contribution in [0.4, 0.5) is 0 Å². The summed E-state index contributed by atoms with van der Waals surface area (Å²) >= 11 is 18.9. The zero-order valence-electron chi connectivity index (χ0n) is 17.9. The first-order chi connectivity index (χ1) is 15.2. The summed E-state index contributed by atoms with van der Waals surface area (Å²) in [6.07, 6.45) is 0. The summed E-state index contributed by atoms with van der Waals surface area (Å²) in [6.45, 7) is 5.39. The van der Waals surface area contributed by atoms with Gasteiger partial charge in [0.05, 0.1) is 16.1 Å². The van der Waals surface area contributed by atoms with Crippen molar-refractivity contribution in [3.8, 4) is 17.2 Å². The molecule has 0 fully saturated rings. The molecule has 8 heteroatoms. The normalized spacial score (nSPS) is 15.8. The van der Waals surface area contributed by atoms with Crippen LogP contribution in [0.3, 0.4) is 0 Å². The molecule has 0 aliphatic carbocycles. The van der Waals surface area contributed by atoms with Crippen LogP contribution in [0, 0.1) is 0 Å². The van der Waals surface area contributed by atoms with Crippen LogP contribution in [0.1, 0.15) is 53.6 Å². The van der Waals surface area contributed by atoms with E-state index in [0.717, 1.165) is 0 Å². The molecule has 3 aromatic rings. The van der Waals surface area contributed by atoms with Gasteiger partial charge < -0.3 is 13.6 Å². The van der Waals surface area contributed by atoms with E-state index in [1.165, 1.54) is 0 Å². The van der Waals surface area contributed by atoms with E-state index in [1.807, 2.05) is 18.2 Å². The van der Waals surface area contributed by atoms with Crippen LogP contribution >= 0.6 is 42.6 Å². The highest BCUT2D eigenvalue weighted by Gasteiger charge is 2.36. The van der Waals surface area contributed by atoms with Crippen LogP contribution in [-0.2, 0) is 4.57 Å². The first kappa shape index (κ1) is 24.8. The molecule has 0 aliphatic rings. The Bertz CT molecular complexity index is 965. The van der Waals surface area contributed by atoms with E-state index in [2.05, 4.69) is 0 Å². The van der Waals surface area contributed by atoms with E-state index in [-0.39, 0.29) is 16.1 Å². The van der Waals surface area contributed by atoms with Crippen molar-refractivity contribution in [1.82, 2.24) is 0 Å². The van der Waals surface area contributed by atoms with Crippen molar-refractivity contribution >= 4 is 42.6 Å². The largest absolute Gasteiger partial charge is 0.647 e. The van der Waals surface area contributed by atoms with Gasteiger partial charge in [0.2, 0.25) is 0 Å². The third-order valence-electron chi connectivity index (χ3n) is 4.67. The van der Waals surface area contributed by atoms with Gasteiger partial charge in [0, 0.05) is 16.7 Å². The maximum Gasteiger partial charge on any atom is 0.647 e. The molecule has 0 radical (unpaired) electrons. The van der Waals surface area contributed by atoms with Crippen LogP contribution in [0.5, 0.6) is 17.2 Å².